The monoisotopic (exact) mass is 295 g/mol. The van der Waals surface area contributed by atoms with Crippen LogP contribution >= 0.6 is 0 Å². The maximum atomic E-state index is 12.2. The summed E-state index contributed by atoms with van der Waals surface area (Å²) in [6, 6.07) is 15.8. The van der Waals surface area contributed by atoms with Gasteiger partial charge in [-0.15, -0.1) is 0 Å². The van der Waals surface area contributed by atoms with E-state index in [1.54, 1.807) is 38.3 Å². The minimum atomic E-state index is -0.417. The molecule has 0 radical (unpaired) electrons. The second-order valence-electron chi connectivity index (χ2n) is 4.78. The van der Waals surface area contributed by atoms with Crippen molar-refractivity contribution in [2.75, 3.05) is 17.7 Å². The number of nitriles is 1. The summed E-state index contributed by atoms with van der Waals surface area (Å²) in [7, 11) is 1.61. The van der Waals surface area contributed by atoms with Crippen molar-refractivity contribution < 1.29 is 9.53 Å². The van der Waals surface area contributed by atoms with Crippen molar-refractivity contribution in [3.05, 3.63) is 54.1 Å². The number of carbonyl (C=O) groups excluding carboxylic acids is 1. The molecule has 2 aromatic rings. The Bertz CT molecular complexity index is 690. The molecule has 0 unspecified atom stereocenters. The molecule has 0 aliphatic rings. The van der Waals surface area contributed by atoms with Crippen LogP contribution in [0.2, 0.25) is 0 Å². The van der Waals surface area contributed by atoms with Gasteiger partial charge in [0.05, 0.1) is 18.7 Å². The quantitative estimate of drug-likeness (QED) is 0.889. The minimum Gasteiger partial charge on any atom is -0.497 e. The largest absolute Gasteiger partial charge is 0.497 e. The Balaban J connectivity index is 1.97. The lowest BCUT2D eigenvalue weighted by molar-refractivity contribution is -0.116. The zero-order valence-electron chi connectivity index (χ0n) is 12.5. The van der Waals surface area contributed by atoms with E-state index < -0.39 is 6.04 Å². The van der Waals surface area contributed by atoms with E-state index >= 15 is 0 Å². The van der Waals surface area contributed by atoms with E-state index in [9.17, 15) is 4.79 Å². The lowest BCUT2D eigenvalue weighted by Gasteiger charge is -2.15. The molecule has 0 aliphatic heterocycles. The smallest absolute Gasteiger partial charge is 0.246 e. The molecule has 0 heterocycles. The van der Waals surface area contributed by atoms with Gasteiger partial charge in [0.2, 0.25) is 5.91 Å². The topological polar surface area (TPSA) is 74.2 Å². The van der Waals surface area contributed by atoms with Gasteiger partial charge in [-0.05, 0) is 49.4 Å². The van der Waals surface area contributed by atoms with Crippen LogP contribution < -0.4 is 15.4 Å². The van der Waals surface area contributed by atoms with Crippen LogP contribution in [0.15, 0.2) is 48.5 Å². The molecule has 0 aromatic heterocycles. The number of nitrogens with one attached hydrogen (secondary N) is 2. The number of ether oxygens (including phenoxy) is 1. The molecule has 1 amide bonds. The van der Waals surface area contributed by atoms with Gasteiger partial charge < -0.3 is 15.4 Å². The number of rotatable bonds is 5. The zero-order chi connectivity index (χ0) is 15.9. The van der Waals surface area contributed by atoms with Crippen molar-refractivity contribution in [3.8, 4) is 11.8 Å². The van der Waals surface area contributed by atoms with Crippen LogP contribution in [-0.2, 0) is 4.79 Å². The lowest BCUT2D eigenvalue weighted by atomic mass is 10.2. The van der Waals surface area contributed by atoms with Gasteiger partial charge in [0.1, 0.15) is 11.8 Å². The van der Waals surface area contributed by atoms with Gasteiger partial charge in [-0.25, -0.2) is 0 Å². The van der Waals surface area contributed by atoms with Crippen LogP contribution in [0, 0.1) is 11.3 Å². The second kappa shape index (κ2) is 7.14. The number of benzene rings is 2. The highest BCUT2D eigenvalue weighted by molar-refractivity contribution is 5.96. The molecule has 0 saturated heterocycles. The molecule has 2 aromatic carbocycles. The Morgan fingerprint density at radius 1 is 1.18 bits per heavy atom. The fourth-order valence-corrected chi connectivity index (χ4v) is 1.92. The molecule has 0 fully saturated rings. The van der Waals surface area contributed by atoms with Crippen LogP contribution in [0.5, 0.6) is 5.75 Å². The number of hydrogen-bond donors (Lipinski definition) is 2. The average Bonchev–Trinajstić information content (AvgIpc) is 2.55. The van der Waals surface area contributed by atoms with Gasteiger partial charge in [0.25, 0.3) is 0 Å². The molecule has 5 heteroatoms. The first-order valence-electron chi connectivity index (χ1n) is 6.84. The minimum absolute atomic E-state index is 0.175. The normalized spacial score (nSPS) is 11.1. The standard InChI is InChI=1S/C17H17N3O2/c1-12(19-14-6-8-16(22-2)9-7-14)17(21)20-15-5-3-4-13(10-15)11-18/h3-10,12,19H,1-2H3,(H,20,21)/t12-/m1/s1. The van der Waals surface area contributed by atoms with Crippen molar-refractivity contribution in [1.29, 1.82) is 5.26 Å². The van der Waals surface area contributed by atoms with E-state index in [1.165, 1.54) is 0 Å². The fraction of sp³-hybridized carbons (Fsp3) is 0.176. The van der Waals surface area contributed by atoms with Gasteiger partial charge in [0, 0.05) is 11.4 Å². The van der Waals surface area contributed by atoms with Crippen molar-refractivity contribution in [2.45, 2.75) is 13.0 Å². The van der Waals surface area contributed by atoms with Crippen LogP contribution in [0.4, 0.5) is 11.4 Å². The number of amides is 1. The van der Waals surface area contributed by atoms with Gasteiger partial charge in [-0.2, -0.15) is 5.26 Å². The number of methoxy groups -OCH3 is 1. The molecule has 1 atom stereocenters. The van der Waals surface area contributed by atoms with Gasteiger partial charge in [-0.3, -0.25) is 4.79 Å². The first-order chi connectivity index (χ1) is 10.6. The van der Waals surface area contributed by atoms with Crippen LogP contribution in [0.25, 0.3) is 0 Å². The SMILES string of the molecule is COc1ccc(N[C@H](C)C(=O)Nc2cccc(C#N)c2)cc1. The van der Waals surface area contributed by atoms with Gasteiger partial charge in [-0.1, -0.05) is 6.07 Å². The number of hydrogen-bond acceptors (Lipinski definition) is 4. The Labute approximate surface area is 129 Å². The lowest BCUT2D eigenvalue weighted by Crippen LogP contribution is -2.31. The average molecular weight is 295 g/mol. The van der Waals surface area contributed by atoms with Crippen LogP contribution in [-0.4, -0.2) is 19.1 Å². The number of anilines is 2. The van der Waals surface area contributed by atoms with E-state index in [2.05, 4.69) is 10.6 Å². The molecule has 112 valence electrons. The Morgan fingerprint density at radius 2 is 1.91 bits per heavy atom. The Hall–Kier alpha value is -3.00. The van der Waals surface area contributed by atoms with E-state index in [4.69, 9.17) is 10.00 Å². The Kier molecular flexibility index (Phi) is 4.99. The highest BCUT2D eigenvalue weighted by Crippen LogP contribution is 2.16. The maximum Gasteiger partial charge on any atom is 0.246 e. The summed E-state index contributed by atoms with van der Waals surface area (Å²) in [5, 5.41) is 14.7. The third-order valence-corrected chi connectivity index (χ3v) is 3.13. The molecule has 5 nitrogen and oxygen atoms in total. The van der Waals surface area contributed by atoms with Crippen LogP contribution in [0.1, 0.15) is 12.5 Å². The molecule has 22 heavy (non-hydrogen) atoms. The predicted molar refractivity (Wildman–Crippen MR) is 85.9 cm³/mol. The molecule has 0 bridgehead atoms. The first kappa shape index (κ1) is 15.4. The van der Waals surface area contributed by atoms with Crippen LogP contribution in [0.3, 0.4) is 0 Å². The zero-order valence-corrected chi connectivity index (χ0v) is 12.5. The Morgan fingerprint density at radius 3 is 2.55 bits per heavy atom. The van der Waals surface area contributed by atoms with Gasteiger partial charge in [0.15, 0.2) is 0 Å². The number of nitrogens with zero attached hydrogens (tertiary/aromatic N) is 1. The summed E-state index contributed by atoms with van der Waals surface area (Å²) in [4.78, 5) is 12.2. The predicted octanol–water partition coefficient (Wildman–Crippen LogP) is 3.01. The van der Waals surface area contributed by atoms with Crippen molar-refractivity contribution in [3.63, 3.8) is 0 Å². The summed E-state index contributed by atoms with van der Waals surface area (Å²) < 4.78 is 5.09. The van der Waals surface area contributed by atoms with Crippen molar-refractivity contribution in [1.82, 2.24) is 0 Å². The second-order valence-corrected chi connectivity index (χ2v) is 4.78. The summed E-state index contributed by atoms with van der Waals surface area (Å²) in [6.07, 6.45) is 0. The highest BCUT2D eigenvalue weighted by atomic mass is 16.5. The first-order valence-corrected chi connectivity index (χ1v) is 6.84. The van der Waals surface area contributed by atoms with E-state index in [1.807, 2.05) is 30.3 Å². The molecular formula is C17H17N3O2. The molecule has 0 spiro atoms. The molecule has 2 N–H and O–H groups in total. The van der Waals surface area contributed by atoms with E-state index in [0.717, 1.165) is 11.4 Å². The van der Waals surface area contributed by atoms with Crippen molar-refractivity contribution in [2.24, 2.45) is 0 Å². The van der Waals surface area contributed by atoms with Gasteiger partial charge >= 0.3 is 0 Å². The summed E-state index contributed by atoms with van der Waals surface area (Å²) in [6.45, 7) is 1.77. The summed E-state index contributed by atoms with van der Waals surface area (Å²) in [5.74, 6) is 0.585. The summed E-state index contributed by atoms with van der Waals surface area (Å²) in [5.41, 5.74) is 1.94. The summed E-state index contributed by atoms with van der Waals surface area (Å²) >= 11 is 0. The molecule has 2 rings (SSSR count). The maximum absolute atomic E-state index is 12.2. The van der Waals surface area contributed by atoms with E-state index in [0.29, 0.717) is 11.3 Å². The molecule has 0 saturated carbocycles. The van der Waals surface area contributed by atoms with E-state index in [-0.39, 0.29) is 5.91 Å². The third-order valence-electron chi connectivity index (χ3n) is 3.13. The molecule has 0 aliphatic carbocycles. The van der Waals surface area contributed by atoms with Crippen molar-refractivity contribution >= 4 is 17.3 Å². The molecular weight excluding hydrogens is 278 g/mol. The number of carbonyl (C=O) groups is 1. The highest BCUT2D eigenvalue weighted by Gasteiger charge is 2.13. The third kappa shape index (κ3) is 4.00. The fourth-order valence-electron chi connectivity index (χ4n) is 1.92.